The summed E-state index contributed by atoms with van der Waals surface area (Å²) in [6, 6.07) is 16.7. The number of aromatic nitrogens is 1. The Morgan fingerprint density at radius 3 is 2.68 bits per heavy atom. The number of rotatable bonds is 3. The zero-order valence-corrected chi connectivity index (χ0v) is 16.1. The van der Waals surface area contributed by atoms with Gasteiger partial charge in [0.25, 0.3) is 5.91 Å². The molecule has 1 fully saturated rings. The third-order valence-corrected chi connectivity index (χ3v) is 5.26. The molecule has 1 aromatic heterocycles. The van der Waals surface area contributed by atoms with Crippen LogP contribution in [0.2, 0.25) is 0 Å². The predicted molar refractivity (Wildman–Crippen MR) is 109 cm³/mol. The molecular weight excluding hydrogens is 353 g/mol. The van der Waals surface area contributed by atoms with Gasteiger partial charge in [0.1, 0.15) is 5.82 Å². The molecule has 1 aliphatic rings. The second kappa shape index (κ2) is 8.07. The van der Waals surface area contributed by atoms with Crippen molar-refractivity contribution in [2.24, 2.45) is 0 Å². The first-order valence-electron chi connectivity index (χ1n) is 9.72. The molecule has 0 unspecified atom stereocenters. The lowest BCUT2D eigenvalue weighted by Crippen LogP contribution is -2.35. The molecule has 1 amide bonds. The van der Waals surface area contributed by atoms with Crippen molar-refractivity contribution in [2.45, 2.75) is 19.9 Å². The van der Waals surface area contributed by atoms with Crippen LogP contribution in [0.1, 0.15) is 28.0 Å². The summed E-state index contributed by atoms with van der Waals surface area (Å²) in [7, 11) is 0. The van der Waals surface area contributed by atoms with Crippen LogP contribution in [0.25, 0.3) is 10.9 Å². The molecule has 1 saturated heterocycles. The van der Waals surface area contributed by atoms with E-state index in [1.807, 2.05) is 24.0 Å². The first-order chi connectivity index (χ1) is 13.6. The van der Waals surface area contributed by atoms with Gasteiger partial charge >= 0.3 is 0 Å². The Hall–Kier alpha value is -2.79. The minimum Gasteiger partial charge on any atom is -0.337 e. The van der Waals surface area contributed by atoms with Crippen molar-refractivity contribution in [2.75, 3.05) is 26.2 Å². The van der Waals surface area contributed by atoms with Gasteiger partial charge in [0, 0.05) is 49.9 Å². The molecule has 2 aromatic carbocycles. The number of carbonyl (C=O) groups is 1. The van der Waals surface area contributed by atoms with Crippen molar-refractivity contribution in [3.63, 3.8) is 0 Å². The van der Waals surface area contributed by atoms with Crippen LogP contribution in [-0.4, -0.2) is 46.9 Å². The molecule has 0 N–H and O–H groups in total. The highest BCUT2D eigenvalue weighted by Gasteiger charge is 2.22. The zero-order chi connectivity index (χ0) is 19.5. The summed E-state index contributed by atoms with van der Waals surface area (Å²) in [5.74, 6) is -0.334. The SMILES string of the molecule is Cc1cc(C(=O)N2CCCN(Cc3ccccc3)CC2)c2ccc(F)cc2n1. The highest BCUT2D eigenvalue weighted by Crippen LogP contribution is 2.22. The molecule has 144 valence electrons. The van der Waals surface area contributed by atoms with Crippen LogP contribution in [-0.2, 0) is 6.54 Å². The Kier molecular flexibility index (Phi) is 5.35. The number of halogens is 1. The predicted octanol–water partition coefficient (Wildman–Crippen LogP) is 4.03. The summed E-state index contributed by atoms with van der Waals surface area (Å²) >= 11 is 0. The quantitative estimate of drug-likeness (QED) is 0.691. The van der Waals surface area contributed by atoms with Gasteiger partial charge in [0.05, 0.1) is 11.1 Å². The van der Waals surface area contributed by atoms with Gasteiger partial charge in [-0.1, -0.05) is 30.3 Å². The van der Waals surface area contributed by atoms with E-state index < -0.39 is 0 Å². The van der Waals surface area contributed by atoms with Crippen LogP contribution in [0, 0.1) is 12.7 Å². The van der Waals surface area contributed by atoms with E-state index in [-0.39, 0.29) is 11.7 Å². The molecule has 0 radical (unpaired) electrons. The Labute approximate surface area is 164 Å². The number of amides is 1. The maximum atomic E-state index is 13.6. The number of nitrogens with zero attached hydrogens (tertiary/aromatic N) is 3. The van der Waals surface area contributed by atoms with Gasteiger partial charge in [0.2, 0.25) is 0 Å². The molecule has 2 heterocycles. The third-order valence-electron chi connectivity index (χ3n) is 5.26. The standard InChI is InChI=1S/C23H24FN3O/c1-17-14-21(20-9-8-19(24)15-22(20)25-17)23(28)27-11-5-10-26(12-13-27)16-18-6-3-2-4-7-18/h2-4,6-9,14-15H,5,10-13,16H2,1H3. The molecule has 5 heteroatoms. The van der Waals surface area contributed by atoms with E-state index in [0.717, 1.165) is 38.3 Å². The number of pyridine rings is 1. The summed E-state index contributed by atoms with van der Waals surface area (Å²) in [6.45, 7) is 5.98. The molecule has 4 rings (SSSR count). The third kappa shape index (κ3) is 4.04. The van der Waals surface area contributed by atoms with Crippen LogP contribution >= 0.6 is 0 Å². The van der Waals surface area contributed by atoms with Crippen LogP contribution in [0.5, 0.6) is 0 Å². The van der Waals surface area contributed by atoms with Crippen LogP contribution < -0.4 is 0 Å². The van der Waals surface area contributed by atoms with Crippen molar-refractivity contribution in [3.8, 4) is 0 Å². The van der Waals surface area contributed by atoms with E-state index in [9.17, 15) is 9.18 Å². The summed E-state index contributed by atoms with van der Waals surface area (Å²) in [5.41, 5.74) is 3.16. The first kappa shape index (κ1) is 18.6. The normalized spacial score (nSPS) is 15.6. The van der Waals surface area contributed by atoms with E-state index in [1.54, 1.807) is 6.07 Å². The second-order valence-corrected chi connectivity index (χ2v) is 7.38. The molecule has 0 saturated carbocycles. The molecule has 0 bridgehead atoms. The highest BCUT2D eigenvalue weighted by atomic mass is 19.1. The van der Waals surface area contributed by atoms with Crippen LogP contribution in [0.4, 0.5) is 4.39 Å². The van der Waals surface area contributed by atoms with Gasteiger partial charge in [-0.25, -0.2) is 4.39 Å². The fraction of sp³-hybridized carbons (Fsp3) is 0.304. The number of carbonyl (C=O) groups excluding carboxylic acids is 1. The van der Waals surface area contributed by atoms with Crippen LogP contribution in [0.15, 0.2) is 54.6 Å². The molecule has 0 atom stereocenters. The summed E-state index contributed by atoms with van der Waals surface area (Å²) in [5, 5.41) is 0.711. The van der Waals surface area contributed by atoms with E-state index in [4.69, 9.17) is 0 Å². The lowest BCUT2D eigenvalue weighted by atomic mass is 10.1. The number of benzene rings is 2. The average molecular weight is 377 g/mol. The van der Waals surface area contributed by atoms with Crippen LogP contribution in [0.3, 0.4) is 0 Å². The average Bonchev–Trinajstić information content (AvgIpc) is 2.93. The van der Waals surface area contributed by atoms with Gasteiger partial charge in [0.15, 0.2) is 0 Å². The largest absolute Gasteiger partial charge is 0.337 e. The Morgan fingerprint density at radius 2 is 1.86 bits per heavy atom. The monoisotopic (exact) mass is 377 g/mol. The van der Waals surface area contributed by atoms with Gasteiger partial charge in [-0.05, 0) is 37.1 Å². The van der Waals surface area contributed by atoms with Crippen molar-refractivity contribution in [3.05, 3.63) is 77.2 Å². The number of fused-ring (bicyclic) bond motifs is 1. The Morgan fingerprint density at radius 1 is 1.04 bits per heavy atom. The van der Waals surface area contributed by atoms with Gasteiger partial charge in [-0.2, -0.15) is 0 Å². The minimum atomic E-state index is -0.338. The zero-order valence-electron chi connectivity index (χ0n) is 16.1. The van der Waals surface area contributed by atoms with Crippen molar-refractivity contribution < 1.29 is 9.18 Å². The van der Waals surface area contributed by atoms with E-state index >= 15 is 0 Å². The van der Waals surface area contributed by atoms with E-state index in [0.29, 0.717) is 23.0 Å². The maximum Gasteiger partial charge on any atom is 0.254 e. The number of aryl methyl sites for hydroxylation is 1. The van der Waals surface area contributed by atoms with Gasteiger partial charge in [-0.3, -0.25) is 14.7 Å². The highest BCUT2D eigenvalue weighted by molar-refractivity contribution is 6.06. The molecule has 28 heavy (non-hydrogen) atoms. The van der Waals surface area contributed by atoms with Crippen molar-refractivity contribution in [1.82, 2.24) is 14.8 Å². The number of hydrogen-bond acceptors (Lipinski definition) is 3. The van der Waals surface area contributed by atoms with E-state index in [1.165, 1.54) is 17.7 Å². The second-order valence-electron chi connectivity index (χ2n) is 7.38. The molecule has 0 spiro atoms. The fourth-order valence-corrected chi connectivity index (χ4v) is 3.85. The topological polar surface area (TPSA) is 36.4 Å². The molecule has 0 aliphatic carbocycles. The van der Waals surface area contributed by atoms with E-state index in [2.05, 4.69) is 34.1 Å². The van der Waals surface area contributed by atoms with Gasteiger partial charge < -0.3 is 4.90 Å². The minimum absolute atomic E-state index is 0.00340. The lowest BCUT2D eigenvalue weighted by molar-refractivity contribution is 0.0763. The Bertz CT molecular complexity index is 985. The first-order valence-corrected chi connectivity index (χ1v) is 9.72. The molecule has 4 nitrogen and oxygen atoms in total. The molecular formula is C23H24FN3O. The van der Waals surface area contributed by atoms with Gasteiger partial charge in [-0.15, -0.1) is 0 Å². The smallest absolute Gasteiger partial charge is 0.254 e. The summed E-state index contributed by atoms with van der Waals surface area (Å²) in [6.07, 6.45) is 0.940. The fourth-order valence-electron chi connectivity index (χ4n) is 3.85. The number of hydrogen-bond donors (Lipinski definition) is 0. The molecule has 1 aliphatic heterocycles. The lowest BCUT2D eigenvalue weighted by Gasteiger charge is -2.23. The summed E-state index contributed by atoms with van der Waals surface area (Å²) < 4.78 is 13.6. The maximum absolute atomic E-state index is 13.6. The molecule has 3 aromatic rings. The Balaban J connectivity index is 1.52. The van der Waals surface area contributed by atoms with Crippen molar-refractivity contribution in [1.29, 1.82) is 0 Å². The van der Waals surface area contributed by atoms with Crippen molar-refractivity contribution >= 4 is 16.8 Å². The summed E-state index contributed by atoms with van der Waals surface area (Å²) in [4.78, 5) is 22.0.